The van der Waals surface area contributed by atoms with E-state index in [4.69, 9.17) is 4.74 Å². The van der Waals surface area contributed by atoms with Crippen LogP contribution in [0.5, 0.6) is 11.5 Å². The largest absolute Gasteiger partial charge is 0.493 e. The van der Waals surface area contributed by atoms with Gasteiger partial charge in [0.1, 0.15) is 0 Å². The molecule has 0 spiro atoms. The van der Waals surface area contributed by atoms with Crippen LogP contribution in [0.15, 0.2) is 24.3 Å². The minimum atomic E-state index is -2.91. The summed E-state index contributed by atoms with van der Waals surface area (Å²) in [5, 5.41) is 3.01. The molecule has 2 rings (SSSR count). The number of hydrogen-bond donors (Lipinski definition) is 1. The Bertz CT molecular complexity index is 567. The molecule has 1 amide bonds. The molecule has 0 atom stereocenters. The quantitative estimate of drug-likeness (QED) is 0.626. The van der Waals surface area contributed by atoms with Gasteiger partial charge in [-0.05, 0) is 36.6 Å². The van der Waals surface area contributed by atoms with Crippen LogP contribution in [0.2, 0.25) is 0 Å². The lowest BCUT2D eigenvalue weighted by atomic mass is 10.1. The summed E-state index contributed by atoms with van der Waals surface area (Å²) < 4.78 is 34.0. The van der Waals surface area contributed by atoms with Crippen molar-refractivity contribution in [3.05, 3.63) is 29.8 Å². The molecule has 0 aromatic heterocycles. The highest BCUT2D eigenvalue weighted by molar-refractivity contribution is 5.92. The molecule has 0 unspecified atom stereocenters. The fourth-order valence-corrected chi connectivity index (χ4v) is 2.83. The van der Waals surface area contributed by atoms with Crippen molar-refractivity contribution in [1.29, 1.82) is 0 Å². The third-order valence-corrected chi connectivity index (χ3v) is 4.03. The van der Waals surface area contributed by atoms with Crippen LogP contribution in [-0.2, 0) is 4.79 Å². The number of carbonyl (C=O) groups excluding carboxylic acids is 1. The number of carbonyl (C=O) groups is 1. The number of rotatable bonds is 6. The van der Waals surface area contributed by atoms with Gasteiger partial charge in [0.2, 0.25) is 5.91 Å². The molecule has 24 heavy (non-hydrogen) atoms. The Balaban J connectivity index is 1.96. The van der Waals surface area contributed by atoms with Crippen molar-refractivity contribution >= 4 is 12.0 Å². The minimum absolute atomic E-state index is 0.0347. The topological polar surface area (TPSA) is 47.6 Å². The Kier molecular flexibility index (Phi) is 7.03. The van der Waals surface area contributed by atoms with Crippen molar-refractivity contribution in [3.63, 3.8) is 0 Å². The maximum Gasteiger partial charge on any atom is 0.387 e. The van der Waals surface area contributed by atoms with Gasteiger partial charge < -0.3 is 14.8 Å². The lowest BCUT2D eigenvalue weighted by molar-refractivity contribution is -0.117. The number of alkyl halides is 2. The fraction of sp³-hybridized carbons (Fsp3) is 0.500. The van der Waals surface area contributed by atoms with Gasteiger partial charge in [-0.1, -0.05) is 31.7 Å². The van der Waals surface area contributed by atoms with Gasteiger partial charge in [0, 0.05) is 12.1 Å². The summed E-state index contributed by atoms with van der Waals surface area (Å²) in [6.07, 6.45) is 9.88. The molecule has 1 aliphatic carbocycles. The zero-order chi connectivity index (χ0) is 17.4. The van der Waals surface area contributed by atoms with E-state index < -0.39 is 6.61 Å². The molecule has 1 aliphatic rings. The van der Waals surface area contributed by atoms with E-state index in [0.717, 1.165) is 25.7 Å². The van der Waals surface area contributed by atoms with Crippen molar-refractivity contribution in [2.45, 2.75) is 51.2 Å². The molecule has 6 heteroatoms. The van der Waals surface area contributed by atoms with Crippen LogP contribution in [-0.4, -0.2) is 25.7 Å². The van der Waals surface area contributed by atoms with Gasteiger partial charge in [0.05, 0.1) is 7.11 Å². The molecule has 1 N–H and O–H groups in total. The van der Waals surface area contributed by atoms with Gasteiger partial charge in [-0.2, -0.15) is 8.78 Å². The van der Waals surface area contributed by atoms with Crippen molar-refractivity contribution in [3.8, 4) is 11.5 Å². The maximum atomic E-state index is 12.3. The van der Waals surface area contributed by atoms with Gasteiger partial charge in [0.15, 0.2) is 11.5 Å². The van der Waals surface area contributed by atoms with E-state index in [1.54, 1.807) is 18.2 Å². The lowest BCUT2D eigenvalue weighted by Gasteiger charge is -2.14. The lowest BCUT2D eigenvalue weighted by Crippen LogP contribution is -2.33. The zero-order valence-electron chi connectivity index (χ0n) is 13.8. The van der Waals surface area contributed by atoms with Gasteiger partial charge in [-0.15, -0.1) is 0 Å². The highest BCUT2D eigenvalue weighted by Gasteiger charge is 2.13. The van der Waals surface area contributed by atoms with Crippen LogP contribution in [0.4, 0.5) is 8.78 Å². The molecule has 1 aromatic carbocycles. The number of nitrogens with one attached hydrogen (secondary N) is 1. The first kappa shape index (κ1) is 18.2. The maximum absolute atomic E-state index is 12.3. The average molecular weight is 339 g/mol. The molecule has 1 saturated carbocycles. The van der Waals surface area contributed by atoms with Gasteiger partial charge in [0.25, 0.3) is 0 Å². The van der Waals surface area contributed by atoms with Crippen LogP contribution in [0, 0.1) is 0 Å². The first-order valence-corrected chi connectivity index (χ1v) is 8.20. The average Bonchev–Trinajstić information content (AvgIpc) is 2.82. The Morgan fingerprint density at radius 3 is 2.54 bits per heavy atom. The Labute approximate surface area is 140 Å². The normalized spacial score (nSPS) is 16.2. The number of hydrogen-bond acceptors (Lipinski definition) is 3. The summed E-state index contributed by atoms with van der Waals surface area (Å²) >= 11 is 0. The first-order chi connectivity index (χ1) is 11.6. The predicted octanol–water partition coefficient (Wildman–Crippen LogP) is 4.15. The molecule has 1 aromatic rings. The van der Waals surface area contributed by atoms with Crippen LogP contribution in [0.3, 0.4) is 0 Å². The van der Waals surface area contributed by atoms with Crippen molar-refractivity contribution < 1.29 is 23.0 Å². The number of halogens is 2. The summed E-state index contributed by atoms with van der Waals surface area (Å²) in [5.41, 5.74) is 0.671. The highest BCUT2D eigenvalue weighted by Crippen LogP contribution is 2.29. The molecule has 4 nitrogen and oxygen atoms in total. The van der Waals surface area contributed by atoms with Crippen LogP contribution >= 0.6 is 0 Å². The SMILES string of the molecule is COc1cc(C=CC(=O)NC2CCCCCC2)ccc1OC(F)F. The van der Waals surface area contributed by atoms with Crippen molar-refractivity contribution in [1.82, 2.24) is 5.32 Å². The summed E-state index contributed by atoms with van der Waals surface area (Å²) in [7, 11) is 1.37. The van der Waals surface area contributed by atoms with E-state index in [2.05, 4.69) is 10.1 Å². The molecule has 0 saturated heterocycles. The van der Waals surface area contributed by atoms with Crippen LogP contribution in [0.25, 0.3) is 6.08 Å². The van der Waals surface area contributed by atoms with E-state index >= 15 is 0 Å². The molecular weight excluding hydrogens is 316 g/mol. The molecule has 0 aliphatic heterocycles. The van der Waals surface area contributed by atoms with E-state index in [1.807, 2.05) is 0 Å². The second-order valence-corrected chi connectivity index (χ2v) is 5.82. The zero-order valence-corrected chi connectivity index (χ0v) is 13.8. The molecule has 132 valence electrons. The van der Waals surface area contributed by atoms with E-state index in [-0.39, 0.29) is 23.4 Å². The van der Waals surface area contributed by atoms with Gasteiger partial charge >= 0.3 is 6.61 Å². The second kappa shape index (κ2) is 9.25. The smallest absolute Gasteiger partial charge is 0.387 e. The van der Waals surface area contributed by atoms with Gasteiger partial charge in [-0.3, -0.25) is 4.79 Å². The van der Waals surface area contributed by atoms with Crippen LogP contribution in [0.1, 0.15) is 44.1 Å². The number of amides is 1. The standard InChI is InChI=1S/C18H23F2NO3/c1-23-16-12-13(8-10-15(16)24-18(19)20)9-11-17(22)21-14-6-4-2-3-5-7-14/h8-12,14,18H,2-7H2,1H3,(H,21,22). The van der Waals surface area contributed by atoms with E-state index in [1.165, 1.54) is 32.1 Å². The van der Waals surface area contributed by atoms with Gasteiger partial charge in [-0.25, -0.2) is 0 Å². The molecule has 0 radical (unpaired) electrons. The Hall–Kier alpha value is -2.11. The Morgan fingerprint density at radius 2 is 1.92 bits per heavy atom. The summed E-state index contributed by atoms with van der Waals surface area (Å²) in [4.78, 5) is 12.0. The first-order valence-electron chi connectivity index (χ1n) is 8.20. The number of ether oxygens (including phenoxy) is 2. The van der Waals surface area contributed by atoms with E-state index in [0.29, 0.717) is 5.56 Å². The number of methoxy groups -OCH3 is 1. The summed E-state index contributed by atoms with van der Waals surface area (Å²) in [5.74, 6) is 0.0166. The Morgan fingerprint density at radius 1 is 1.21 bits per heavy atom. The minimum Gasteiger partial charge on any atom is -0.493 e. The van der Waals surface area contributed by atoms with Crippen molar-refractivity contribution in [2.75, 3.05) is 7.11 Å². The van der Waals surface area contributed by atoms with Crippen LogP contribution < -0.4 is 14.8 Å². The molecular formula is C18H23F2NO3. The summed E-state index contributed by atoms with van der Waals surface area (Å²) in [6.45, 7) is -2.91. The number of benzene rings is 1. The predicted molar refractivity (Wildman–Crippen MR) is 88.3 cm³/mol. The highest BCUT2D eigenvalue weighted by atomic mass is 19.3. The molecule has 0 bridgehead atoms. The van der Waals surface area contributed by atoms with Crippen molar-refractivity contribution in [2.24, 2.45) is 0 Å². The fourth-order valence-electron chi connectivity index (χ4n) is 2.83. The monoisotopic (exact) mass is 339 g/mol. The second-order valence-electron chi connectivity index (χ2n) is 5.82. The third kappa shape index (κ3) is 5.83. The van der Waals surface area contributed by atoms with E-state index in [9.17, 15) is 13.6 Å². The third-order valence-electron chi connectivity index (χ3n) is 4.03. The molecule has 0 heterocycles. The summed E-state index contributed by atoms with van der Waals surface area (Å²) in [6, 6.07) is 4.78. The molecule has 1 fully saturated rings.